The molecule has 0 aliphatic rings. The maximum absolute atomic E-state index is 13.0. The van der Waals surface area contributed by atoms with Gasteiger partial charge in [0.25, 0.3) is 5.91 Å². The van der Waals surface area contributed by atoms with Crippen LogP contribution in [0.4, 0.5) is 4.39 Å². The molecular formula is C20H17FN2O4S. The lowest BCUT2D eigenvalue weighted by Crippen LogP contribution is -2.28. The number of benzene rings is 2. The van der Waals surface area contributed by atoms with Crippen LogP contribution in [0.25, 0.3) is 10.6 Å². The number of carbonyl (C=O) groups is 2. The minimum Gasteiger partial charge on any atom is -0.497 e. The van der Waals surface area contributed by atoms with Gasteiger partial charge in [-0.25, -0.2) is 14.2 Å². The van der Waals surface area contributed by atoms with E-state index in [-0.39, 0.29) is 11.5 Å². The highest BCUT2D eigenvalue weighted by Crippen LogP contribution is 2.24. The molecule has 8 heteroatoms. The zero-order chi connectivity index (χ0) is 19.9. The molecule has 0 unspecified atom stereocenters. The number of aromatic nitrogens is 1. The Morgan fingerprint density at radius 1 is 1.18 bits per heavy atom. The van der Waals surface area contributed by atoms with Crippen LogP contribution >= 0.6 is 11.3 Å². The molecule has 0 aliphatic carbocycles. The molecule has 0 aliphatic heterocycles. The van der Waals surface area contributed by atoms with Gasteiger partial charge in [-0.15, -0.1) is 11.3 Å². The van der Waals surface area contributed by atoms with Crippen molar-refractivity contribution in [2.24, 2.45) is 0 Å². The third-order valence-corrected chi connectivity index (χ3v) is 4.65. The number of carbonyl (C=O) groups excluding carboxylic acids is 2. The highest BCUT2D eigenvalue weighted by Gasteiger charge is 2.15. The highest BCUT2D eigenvalue weighted by atomic mass is 32.1. The van der Waals surface area contributed by atoms with Crippen LogP contribution in [-0.2, 0) is 16.1 Å². The van der Waals surface area contributed by atoms with Crippen molar-refractivity contribution < 1.29 is 23.5 Å². The molecular weight excluding hydrogens is 383 g/mol. The molecule has 0 fully saturated rings. The molecule has 0 saturated heterocycles. The molecule has 144 valence electrons. The average molecular weight is 400 g/mol. The summed E-state index contributed by atoms with van der Waals surface area (Å²) in [5.74, 6) is -0.773. The topological polar surface area (TPSA) is 77.5 Å². The molecule has 0 bridgehead atoms. The van der Waals surface area contributed by atoms with Gasteiger partial charge in [0.2, 0.25) is 0 Å². The van der Waals surface area contributed by atoms with Crippen LogP contribution in [0.5, 0.6) is 5.75 Å². The zero-order valence-corrected chi connectivity index (χ0v) is 15.8. The monoisotopic (exact) mass is 400 g/mol. The highest BCUT2D eigenvalue weighted by molar-refractivity contribution is 7.13. The molecule has 3 rings (SSSR count). The molecule has 1 heterocycles. The van der Waals surface area contributed by atoms with E-state index < -0.39 is 18.5 Å². The van der Waals surface area contributed by atoms with Crippen molar-refractivity contribution in [2.45, 2.75) is 6.54 Å². The van der Waals surface area contributed by atoms with Crippen molar-refractivity contribution in [3.63, 3.8) is 0 Å². The molecule has 1 N–H and O–H groups in total. The molecule has 28 heavy (non-hydrogen) atoms. The molecule has 0 radical (unpaired) electrons. The maximum Gasteiger partial charge on any atom is 0.358 e. The van der Waals surface area contributed by atoms with Gasteiger partial charge in [-0.2, -0.15) is 0 Å². The number of thiazole rings is 1. The van der Waals surface area contributed by atoms with Crippen LogP contribution in [0.1, 0.15) is 16.1 Å². The largest absolute Gasteiger partial charge is 0.497 e. The van der Waals surface area contributed by atoms with Crippen molar-refractivity contribution in [3.8, 4) is 16.3 Å². The van der Waals surface area contributed by atoms with Crippen molar-refractivity contribution in [3.05, 3.63) is 71.0 Å². The molecule has 2 aromatic carbocycles. The fourth-order valence-corrected chi connectivity index (χ4v) is 3.13. The van der Waals surface area contributed by atoms with Crippen LogP contribution in [0.15, 0.2) is 53.9 Å². The second kappa shape index (κ2) is 9.09. The summed E-state index contributed by atoms with van der Waals surface area (Å²) in [6, 6.07) is 13.1. The lowest BCUT2D eigenvalue weighted by molar-refractivity contribution is -0.124. The molecule has 6 nitrogen and oxygen atoms in total. The maximum atomic E-state index is 13.0. The first kappa shape index (κ1) is 19.5. The SMILES string of the molecule is COc1cccc(CNC(=O)COC(=O)c2csc(-c3ccc(F)cc3)n2)c1. The van der Waals surface area contributed by atoms with E-state index in [1.54, 1.807) is 31.4 Å². The van der Waals surface area contributed by atoms with E-state index in [4.69, 9.17) is 9.47 Å². The predicted molar refractivity (Wildman–Crippen MR) is 103 cm³/mol. The quantitative estimate of drug-likeness (QED) is 0.615. The first-order valence-corrected chi connectivity index (χ1v) is 9.21. The van der Waals surface area contributed by atoms with Crippen LogP contribution in [0, 0.1) is 5.82 Å². The predicted octanol–water partition coefficient (Wildman–Crippen LogP) is 3.43. The first-order valence-electron chi connectivity index (χ1n) is 8.33. The van der Waals surface area contributed by atoms with Gasteiger partial charge in [0, 0.05) is 17.5 Å². The average Bonchev–Trinajstić information content (AvgIpc) is 3.21. The number of amides is 1. The lowest BCUT2D eigenvalue weighted by Gasteiger charge is -2.07. The summed E-state index contributed by atoms with van der Waals surface area (Å²) < 4.78 is 23.1. The zero-order valence-electron chi connectivity index (χ0n) is 15.0. The minimum absolute atomic E-state index is 0.102. The van der Waals surface area contributed by atoms with Gasteiger partial charge in [0.15, 0.2) is 12.3 Å². The number of nitrogens with zero attached hydrogens (tertiary/aromatic N) is 1. The van der Waals surface area contributed by atoms with Crippen molar-refractivity contribution in [1.82, 2.24) is 10.3 Å². The molecule has 1 amide bonds. The van der Waals surface area contributed by atoms with Crippen molar-refractivity contribution in [2.75, 3.05) is 13.7 Å². The summed E-state index contributed by atoms with van der Waals surface area (Å²) >= 11 is 1.24. The van der Waals surface area contributed by atoms with Gasteiger partial charge in [-0.05, 0) is 42.0 Å². The van der Waals surface area contributed by atoms with Gasteiger partial charge in [-0.3, -0.25) is 4.79 Å². The summed E-state index contributed by atoms with van der Waals surface area (Å²) in [6.07, 6.45) is 0. The van der Waals surface area contributed by atoms with Crippen LogP contribution < -0.4 is 10.1 Å². The second-order valence-electron chi connectivity index (χ2n) is 5.75. The lowest BCUT2D eigenvalue weighted by atomic mass is 10.2. The summed E-state index contributed by atoms with van der Waals surface area (Å²) in [5, 5.41) is 4.77. The fourth-order valence-electron chi connectivity index (χ4n) is 2.33. The Labute approximate surface area is 164 Å². The number of ether oxygens (including phenoxy) is 2. The van der Waals surface area contributed by atoms with Crippen LogP contribution in [0.2, 0.25) is 0 Å². The fraction of sp³-hybridized carbons (Fsp3) is 0.150. The Bertz CT molecular complexity index is 972. The Hall–Kier alpha value is -3.26. The van der Waals surface area contributed by atoms with E-state index in [0.717, 1.165) is 5.56 Å². The molecule has 3 aromatic rings. The molecule has 1 aromatic heterocycles. The summed E-state index contributed by atoms with van der Waals surface area (Å²) in [7, 11) is 1.57. The third-order valence-electron chi connectivity index (χ3n) is 3.76. The van der Waals surface area contributed by atoms with Crippen molar-refractivity contribution >= 4 is 23.2 Å². The minimum atomic E-state index is -0.693. The van der Waals surface area contributed by atoms with E-state index in [2.05, 4.69) is 10.3 Å². The van der Waals surface area contributed by atoms with Gasteiger partial charge < -0.3 is 14.8 Å². The molecule has 0 spiro atoms. The Morgan fingerprint density at radius 2 is 1.96 bits per heavy atom. The van der Waals surface area contributed by atoms with Gasteiger partial charge in [0.05, 0.1) is 7.11 Å². The van der Waals surface area contributed by atoms with Crippen LogP contribution in [0.3, 0.4) is 0 Å². The Morgan fingerprint density at radius 3 is 2.71 bits per heavy atom. The molecule has 0 saturated carbocycles. The molecule has 0 atom stereocenters. The Balaban J connectivity index is 1.49. The number of hydrogen-bond donors (Lipinski definition) is 1. The van der Waals surface area contributed by atoms with E-state index in [9.17, 15) is 14.0 Å². The number of nitrogens with one attached hydrogen (secondary N) is 1. The number of rotatable bonds is 7. The van der Waals surface area contributed by atoms with Crippen molar-refractivity contribution in [1.29, 1.82) is 0 Å². The summed E-state index contributed by atoms with van der Waals surface area (Å²) in [6.45, 7) is -0.120. The second-order valence-corrected chi connectivity index (χ2v) is 6.61. The standard InChI is InChI=1S/C20H17FN2O4S/c1-26-16-4-2-3-13(9-16)10-22-18(24)11-27-20(25)17-12-28-19(23-17)14-5-7-15(21)8-6-14/h2-9,12H,10-11H2,1H3,(H,22,24). The van der Waals surface area contributed by atoms with Gasteiger partial charge >= 0.3 is 5.97 Å². The van der Waals surface area contributed by atoms with E-state index in [1.807, 2.05) is 12.1 Å². The third kappa shape index (κ3) is 5.14. The smallest absolute Gasteiger partial charge is 0.358 e. The number of methoxy groups -OCH3 is 1. The van der Waals surface area contributed by atoms with Gasteiger partial charge in [0.1, 0.15) is 16.6 Å². The summed E-state index contributed by atoms with van der Waals surface area (Å²) in [4.78, 5) is 28.1. The van der Waals surface area contributed by atoms with E-state index in [1.165, 1.54) is 28.8 Å². The first-order chi connectivity index (χ1) is 13.5. The number of hydrogen-bond acceptors (Lipinski definition) is 6. The number of esters is 1. The normalized spacial score (nSPS) is 10.4. The van der Waals surface area contributed by atoms with E-state index in [0.29, 0.717) is 22.9 Å². The van der Waals surface area contributed by atoms with Gasteiger partial charge in [-0.1, -0.05) is 12.1 Å². The Kier molecular flexibility index (Phi) is 6.33. The summed E-state index contributed by atoms with van der Waals surface area (Å²) in [5.41, 5.74) is 1.66. The van der Waals surface area contributed by atoms with Crippen LogP contribution in [-0.4, -0.2) is 30.6 Å². The van der Waals surface area contributed by atoms with E-state index >= 15 is 0 Å². The number of halogens is 1.